The number of nitrogens with one attached hydrogen (secondary N) is 1. The average molecular weight is 311 g/mol. The van der Waals surface area contributed by atoms with Gasteiger partial charge in [-0.15, -0.1) is 0 Å². The highest BCUT2D eigenvalue weighted by Crippen LogP contribution is 2.07. The quantitative estimate of drug-likeness (QED) is 0.884. The van der Waals surface area contributed by atoms with Gasteiger partial charge in [0.25, 0.3) is 0 Å². The molecular weight excluding hydrogens is 293 g/mol. The smallest absolute Gasteiger partial charge is 0.215 e. The Morgan fingerprint density at radius 2 is 2.05 bits per heavy atom. The number of hydrogen-bond acceptors (Lipinski definition) is 3. The number of aromatic nitrogens is 2. The van der Waals surface area contributed by atoms with Crippen molar-refractivity contribution >= 4 is 10.0 Å². The van der Waals surface area contributed by atoms with Crippen LogP contribution in [0.2, 0.25) is 0 Å². The molecule has 0 saturated heterocycles. The Bertz CT molecular complexity index is 726. The lowest BCUT2D eigenvalue weighted by Crippen LogP contribution is -2.29. The Morgan fingerprint density at radius 1 is 1.29 bits per heavy atom. The van der Waals surface area contributed by atoms with Crippen LogP contribution in [0, 0.1) is 19.7 Å². The van der Waals surface area contributed by atoms with Crippen molar-refractivity contribution in [1.82, 2.24) is 14.5 Å². The largest absolute Gasteiger partial charge is 0.268 e. The summed E-state index contributed by atoms with van der Waals surface area (Å²) in [7, 11) is -3.49. The molecule has 7 heteroatoms. The van der Waals surface area contributed by atoms with Crippen molar-refractivity contribution in [2.75, 3.05) is 6.54 Å². The van der Waals surface area contributed by atoms with Crippen LogP contribution in [0.1, 0.15) is 17.0 Å². The molecule has 114 valence electrons. The molecular formula is C14H18FN3O2S. The molecule has 0 aliphatic rings. The van der Waals surface area contributed by atoms with E-state index in [1.165, 1.54) is 18.2 Å². The van der Waals surface area contributed by atoms with Gasteiger partial charge in [0.1, 0.15) is 5.82 Å². The van der Waals surface area contributed by atoms with E-state index >= 15 is 0 Å². The molecule has 0 spiro atoms. The number of nitrogens with zero attached hydrogens (tertiary/aromatic N) is 2. The molecule has 21 heavy (non-hydrogen) atoms. The number of halogens is 1. The lowest BCUT2D eigenvalue weighted by Gasteiger charge is -2.08. The van der Waals surface area contributed by atoms with Crippen LogP contribution in [0.5, 0.6) is 0 Å². The molecule has 0 atom stereocenters. The van der Waals surface area contributed by atoms with E-state index in [1.807, 2.05) is 19.9 Å². The Hall–Kier alpha value is -1.73. The first-order valence-electron chi connectivity index (χ1n) is 6.58. The van der Waals surface area contributed by atoms with Gasteiger partial charge in [-0.1, -0.05) is 12.1 Å². The van der Waals surface area contributed by atoms with Gasteiger partial charge in [-0.3, -0.25) is 4.68 Å². The molecule has 0 unspecified atom stereocenters. The minimum absolute atomic E-state index is 0.234. The second kappa shape index (κ2) is 6.36. The molecule has 5 nitrogen and oxygen atoms in total. The van der Waals surface area contributed by atoms with Crippen LogP contribution in [-0.2, 0) is 22.3 Å². The highest BCUT2D eigenvalue weighted by molar-refractivity contribution is 7.88. The van der Waals surface area contributed by atoms with Gasteiger partial charge in [0.2, 0.25) is 10.0 Å². The zero-order valence-corrected chi connectivity index (χ0v) is 12.8. The summed E-state index contributed by atoms with van der Waals surface area (Å²) in [4.78, 5) is 0. The molecule has 1 heterocycles. The predicted octanol–water partition coefficient (Wildman–Crippen LogP) is 1.76. The van der Waals surface area contributed by atoms with Crippen molar-refractivity contribution in [3.8, 4) is 0 Å². The van der Waals surface area contributed by atoms with Crippen LogP contribution in [0.3, 0.4) is 0 Å². The monoisotopic (exact) mass is 311 g/mol. The van der Waals surface area contributed by atoms with E-state index in [2.05, 4.69) is 9.82 Å². The first kappa shape index (κ1) is 15.7. The van der Waals surface area contributed by atoms with Crippen molar-refractivity contribution in [3.05, 3.63) is 53.1 Å². The van der Waals surface area contributed by atoms with E-state index in [0.717, 1.165) is 11.4 Å². The molecule has 1 aromatic heterocycles. The zero-order chi connectivity index (χ0) is 15.5. The van der Waals surface area contributed by atoms with Crippen molar-refractivity contribution in [2.24, 2.45) is 0 Å². The number of hydrogen-bond donors (Lipinski definition) is 1. The Morgan fingerprint density at radius 3 is 2.67 bits per heavy atom. The van der Waals surface area contributed by atoms with Crippen LogP contribution in [0.15, 0.2) is 30.3 Å². The molecule has 0 radical (unpaired) electrons. The van der Waals surface area contributed by atoms with Gasteiger partial charge in [-0.05, 0) is 37.6 Å². The third-order valence-corrected chi connectivity index (χ3v) is 4.35. The molecule has 0 fully saturated rings. The summed E-state index contributed by atoms with van der Waals surface area (Å²) >= 11 is 0. The fourth-order valence-electron chi connectivity index (χ4n) is 2.11. The molecule has 0 aliphatic carbocycles. The third kappa shape index (κ3) is 4.64. The summed E-state index contributed by atoms with van der Waals surface area (Å²) in [6.45, 7) is 4.51. The van der Waals surface area contributed by atoms with E-state index in [1.54, 1.807) is 10.7 Å². The van der Waals surface area contributed by atoms with E-state index in [9.17, 15) is 12.8 Å². The molecule has 0 amide bonds. The van der Waals surface area contributed by atoms with Crippen molar-refractivity contribution < 1.29 is 12.8 Å². The molecule has 0 saturated carbocycles. The lowest BCUT2D eigenvalue weighted by atomic mass is 10.2. The Balaban J connectivity index is 1.91. The van der Waals surface area contributed by atoms with Crippen LogP contribution in [0.4, 0.5) is 4.39 Å². The summed E-state index contributed by atoms with van der Waals surface area (Å²) in [5.74, 6) is -0.674. The highest BCUT2D eigenvalue weighted by Gasteiger charge is 2.12. The SMILES string of the molecule is Cc1cc(C)n(CCNS(=O)(=O)Cc2cccc(F)c2)n1. The summed E-state index contributed by atoms with van der Waals surface area (Å²) in [5.41, 5.74) is 2.31. The normalized spacial score (nSPS) is 11.8. The van der Waals surface area contributed by atoms with Gasteiger partial charge >= 0.3 is 0 Å². The van der Waals surface area contributed by atoms with Crippen LogP contribution in [0.25, 0.3) is 0 Å². The second-order valence-corrected chi connectivity index (χ2v) is 6.74. The summed E-state index contributed by atoms with van der Waals surface area (Å²) in [5, 5.41) is 4.26. The fourth-order valence-corrected chi connectivity index (χ4v) is 3.23. The molecule has 2 rings (SSSR count). The Kier molecular flexibility index (Phi) is 4.74. The topological polar surface area (TPSA) is 64.0 Å². The van der Waals surface area contributed by atoms with Crippen molar-refractivity contribution in [3.63, 3.8) is 0 Å². The number of sulfonamides is 1. The van der Waals surface area contributed by atoms with Crippen LogP contribution in [-0.4, -0.2) is 24.7 Å². The van der Waals surface area contributed by atoms with Gasteiger partial charge in [0.05, 0.1) is 18.0 Å². The first-order chi connectivity index (χ1) is 9.85. The average Bonchev–Trinajstić information content (AvgIpc) is 2.67. The second-order valence-electron chi connectivity index (χ2n) is 4.93. The number of rotatable bonds is 6. The minimum atomic E-state index is -3.49. The maximum absolute atomic E-state index is 13.0. The minimum Gasteiger partial charge on any atom is -0.268 e. The van der Waals surface area contributed by atoms with E-state index in [4.69, 9.17) is 0 Å². The summed E-state index contributed by atoms with van der Waals surface area (Å²) in [6.07, 6.45) is 0. The fraction of sp³-hybridized carbons (Fsp3) is 0.357. The third-order valence-electron chi connectivity index (χ3n) is 2.99. The molecule has 0 aliphatic heterocycles. The van der Waals surface area contributed by atoms with Gasteiger partial charge in [-0.25, -0.2) is 17.5 Å². The predicted molar refractivity (Wildman–Crippen MR) is 78.7 cm³/mol. The zero-order valence-electron chi connectivity index (χ0n) is 12.0. The van der Waals surface area contributed by atoms with Crippen molar-refractivity contribution in [2.45, 2.75) is 26.1 Å². The van der Waals surface area contributed by atoms with Crippen LogP contribution >= 0.6 is 0 Å². The van der Waals surface area contributed by atoms with E-state index < -0.39 is 15.8 Å². The molecule has 0 bridgehead atoms. The maximum atomic E-state index is 13.0. The van der Waals surface area contributed by atoms with Gasteiger partial charge in [-0.2, -0.15) is 5.10 Å². The molecule has 1 N–H and O–H groups in total. The van der Waals surface area contributed by atoms with E-state index in [0.29, 0.717) is 12.1 Å². The molecule has 2 aromatic rings. The number of aryl methyl sites for hydroxylation is 2. The van der Waals surface area contributed by atoms with Gasteiger partial charge in [0.15, 0.2) is 0 Å². The summed E-state index contributed by atoms with van der Waals surface area (Å²) in [6, 6.07) is 7.52. The highest BCUT2D eigenvalue weighted by atomic mass is 32.2. The van der Waals surface area contributed by atoms with Gasteiger partial charge in [0, 0.05) is 12.2 Å². The van der Waals surface area contributed by atoms with Crippen molar-refractivity contribution in [1.29, 1.82) is 0 Å². The summed E-state index contributed by atoms with van der Waals surface area (Å²) < 4.78 is 41.1. The maximum Gasteiger partial charge on any atom is 0.215 e. The first-order valence-corrected chi connectivity index (χ1v) is 8.24. The van der Waals surface area contributed by atoms with Gasteiger partial charge < -0.3 is 0 Å². The standard InChI is InChI=1S/C14H18FN3O2S/c1-11-8-12(2)18(17-11)7-6-16-21(19,20)10-13-4-3-5-14(15)9-13/h3-5,8-9,16H,6-7,10H2,1-2H3. The molecule has 1 aromatic carbocycles. The Labute approximate surface area is 123 Å². The van der Waals surface area contributed by atoms with Crippen LogP contribution < -0.4 is 4.72 Å². The number of benzene rings is 1. The van der Waals surface area contributed by atoms with E-state index in [-0.39, 0.29) is 12.3 Å². The lowest BCUT2D eigenvalue weighted by molar-refractivity contribution is 0.553.